The number of hydrogen-bond donors (Lipinski definition) is 1. The molecule has 0 fully saturated rings. The van der Waals surface area contributed by atoms with Crippen LogP contribution in [0.3, 0.4) is 0 Å². The van der Waals surface area contributed by atoms with Gasteiger partial charge in [-0.2, -0.15) is 0 Å². The third-order valence-corrected chi connectivity index (χ3v) is 2.73. The number of carbonyl (C=O) groups is 3. The zero-order valence-corrected chi connectivity index (χ0v) is 12.2. The second-order valence-corrected chi connectivity index (χ2v) is 4.61. The molecule has 0 saturated heterocycles. The van der Waals surface area contributed by atoms with Crippen LogP contribution in [0.2, 0.25) is 0 Å². The maximum absolute atomic E-state index is 11.6. The number of rotatable bonds is 10. The molecule has 0 aromatic heterocycles. The zero-order chi connectivity index (χ0) is 15.4. The number of carbonyl (C=O) groups excluding carboxylic acids is 3. The second kappa shape index (κ2) is 11.4. The predicted octanol–water partition coefficient (Wildman–Crippen LogP) is 1.73. The number of esters is 3. The normalized spacial score (nSPS) is 11.8. The van der Waals surface area contributed by atoms with Crippen molar-refractivity contribution in [1.29, 1.82) is 0 Å². The fourth-order valence-electron chi connectivity index (χ4n) is 1.75. The minimum absolute atomic E-state index is 0.323. The Morgan fingerprint density at radius 3 is 2.20 bits per heavy atom. The summed E-state index contributed by atoms with van der Waals surface area (Å²) >= 11 is 0. The molecule has 1 unspecified atom stereocenters. The Morgan fingerprint density at radius 1 is 1.05 bits per heavy atom. The van der Waals surface area contributed by atoms with Crippen LogP contribution in [0.15, 0.2) is 0 Å². The molecule has 0 bridgehead atoms. The van der Waals surface area contributed by atoms with Crippen LogP contribution in [0.25, 0.3) is 0 Å². The van der Waals surface area contributed by atoms with Gasteiger partial charge in [-0.05, 0) is 12.8 Å². The van der Waals surface area contributed by atoms with Gasteiger partial charge in [-0.25, -0.2) is 9.59 Å². The Kier molecular flexibility index (Phi) is 10.6. The van der Waals surface area contributed by atoms with Gasteiger partial charge in [0.05, 0.1) is 0 Å². The molecule has 6 nitrogen and oxygen atoms in total. The van der Waals surface area contributed by atoms with Crippen LogP contribution < -0.4 is 0 Å². The van der Waals surface area contributed by atoms with Gasteiger partial charge in [0.15, 0.2) is 6.10 Å². The first-order chi connectivity index (χ1) is 9.51. The van der Waals surface area contributed by atoms with E-state index in [0.717, 1.165) is 25.7 Å². The quantitative estimate of drug-likeness (QED) is 0.374. The van der Waals surface area contributed by atoms with Crippen LogP contribution in [-0.2, 0) is 23.9 Å². The van der Waals surface area contributed by atoms with Gasteiger partial charge >= 0.3 is 17.9 Å². The van der Waals surface area contributed by atoms with Crippen LogP contribution in [0.5, 0.6) is 0 Å². The fourth-order valence-corrected chi connectivity index (χ4v) is 1.75. The Hall–Kier alpha value is -1.43. The van der Waals surface area contributed by atoms with E-state index in [2.05, 4.69) is 11.7 Å². The highest BCUT2D eigenvalue weighted by Crippen LogP contribution is 2.12. The largest absolute Gasteiger partial charge is 0.451 e. The molecule has 1 atom stereocenters. The molecule has 0 saturated carbocycles. The average molecular weight is 288 g/mol. The SMILES string of the molecule is CCCCCCCCC(OC(C)=O)C(=O)OC(=O)CO. The van der Waals surface area contributed by atoms with Gasteiger partial charge in [-0.3, -0.25) is 4.79 Å². The van der Waals surface area contributed by atoms with Gasteiger partial charge in [0.2, 0.25) is 0 Å². The second-order valence-electron chi connectivity index (χ2n) is 4.61. The lowest BCUT2D eigenvalue weighted by Gasteiger charge is -2.14. The van der Waals surface area contributed by atoms with E-state index in [1.54, 1.807) is 0 Å². The van der Waals surface area contributed by atoms with Crippen molar-refractivity contribution in [2.24, 2.45) is 0 Å². The van der Waals surface area contributed by atoms with E-state index in [0.29, 0.717) is 12.8 Å². The minimum atomic E-state index is -1.07. The molecule has 116 valence electrons. The summed E-state index contributed by atoms with van der Waals surface area (Å²) in [7, 11) is 0. The van der Waals surface area contributed by atoms with E-state index in [1.165, 1.54) is 13.3 Å². The molecule has 0 aliphatic carbocycles. The van der Waals surface area contributed by atoms with Crippen molar-refractivity contribution < 1.29 is 29.0 Å². The molecule has 0 radical (unpaired) electrons. The molecule has 0 heterocycles. The Labute approximate surface area is 119 Å². The predicted molar refractivity (Wildman–Crippen MR) is 71.7 cm³/mol. The molecule has 0 aliphatic rings. The Morgan fingerprint density at radius 2 is 1.65 bits per heavy atom. The average Bonchev–Trinajstić information content (AvgIpc) is 2.40. The summed E-state index contributed by atoms with van der Waals surface area (Å²) in [5.74, 6) is -2.57. The molecule has 0 amide bonds. The molecule has 6 heteroatoms. The molecular weight excluding hydrogens is 264 g/mol. The van der Waals surface area contributed by atoms with Gasteiger partial charge in [-0.15, -0.1) is 0 Å². The summed E-state index contributed by atoms with van der Waals surface area (Å²) in [5.41, 5.74) is 0. The van der Waals surface area contributed by atoms with Crippen molar-refractivity contribution in [2.75, 3.05) is 6.61 Å². The van der Waals surface area contributed by atoms with Crippen molar-refractivity contribution in [2.45, 2.75) is 64.9 Å². The third kappa shape index (κ3) is 9.49. The molecule has 20 heavy (non-hydrogen) atoms. The van der Waals surface area contributed by atoms with Crippen LogP contribution in [-0.4, -0.2) is 35.7 Å². The number of unbranched alkanes of at least 4 members (excludes halogenated alkanes) is 5. The summed E-state index contributed by atoms with van der Waals surface area (Å²) < 4.78 is 9.19. The molecular formula is C14H24O6. The van der Waals surface area contributed by atoms with Crippen LogP contribution in [0.4, 0.5) is 0 Å². The zero-order valence-electron chi connectivity index (χ0n) is 12.2. The Bertz CT molecular complexity index is 313. The summed E-state index contributed by atoms with van der Waals surface area (Å²) in [6.45, 7) is 2.44. The van der Waals surface area contributed by atoms with E-state index in [4.69, 9.17) is 9.84 Å². The summed E-state index contributed by atoms with van der Waals surface area (Å²) in [5, 5.41) is 8.51. The van der Waals surface area contributed by atoms with E-state index in [9.17, 15) is 14.4 Å². The van der Waals surface area contributed by atoms with Gasteiger partial charge in [0.1, 0.15) is 6.61 Å². The first kappa shape index (κ1) is 18.6. The van der Waals surface area contributed by atoms with Crippen LogP contribution in [0.1, 0.15) is 58.8 Å². The summed E-state index contributed by atoms with van der Waals surface area (Å²) in [6.07, 6.45) is 5.43. The van der Waals surface area contributed by atoms with Crippen molar-refractivity contribution in [3.63, 3.8) is 0 Å². The number of aliphatic hydroxyl groups is 1. The number of hydrogen-bond acceptors (Lipinski definition) is 6. The number of aliphatic hydroxyl groups excluding tert-OH is 1. The summed E-state index contributed by atoms with van der Waals surface area (Å²) in [4.78, 5) is 33.3. The molecule has 0 spiro atoms. The molecule has 1 N–H and O–H groups in total. The monoisotopic (exact) mass is 288 g/mol. The fraction of sp³-hybridized carbons (Fsp3) is 0.786. The Balaban J connectivity index is 4.11. The van der Waals surface area contributed by atoms with Crippen LogP contribution in [0, 0.1) is 0 Å². The van der Waals surface area contributed by atoms with Gasteiger partial charge < -0.3 is 14.6 Å². The van der Waals surface area contributed by atoms with Gasteiger partial charge in [0.25, 0.3) is 0 Å². The molecule has 0 aliphatic heterocycles. The lowest BCUT2D eigenvalue weighted by molar-refractivity contribution is -0.174. The van der Waals surface area contributed by atoms with E-state index < -0.39 is 30.6 Å². The van der Waals surface area contributed by atoms with E-state index in [-0.39, 0.29) is 0 Å². The van der Waals surface area contributed by atoms with E-state index in [1.807, 2.05) is 0 Å². The summed E-state index contributed by atoms with van der Waals surface area (Å²) in [6, 6.07) is 0. The third-order valence-electron chi connectivity index (χ3n) is 2.73. The van der Waals surface area contributed by atoms with E-state index >= 15 is 0 Å². The first-order valence-electron chi connectivity index (χ1n) is 7.03. The van der Waals surface area contributed by atoms with Gasteiger partial charge in [-0.1, -0.05) is 39.0 Å². The van der Waals surface area contributed by atoms with Crippen molar-refractivity contribution in [1.82, 2.24) is 0 Å². The maximum atomic E-state index is 11.6. The highest BCUT2D eigenvalue weighted by Gasteiger charge is 2.24. The minimum Gasteiger partial charge on any atom is -0.451 e. The highest BCUT2D eigenvalue weighted by molar-refractivity contribution is 5.89. The molecule has 0 rings (SSSR count). The number of ether oxygens (including phenoxy) is 2. The van der Waals surface area contributed by atoms with Crippen molar-refractivity contribution in [3.05, 3.63) is 0 Å². The highest BCUT2D eigenvalue weighted by atomic mass is 16.6. The standard InChI is InChI=1S/C14H24O6/c1-3-4-5-6-7-8-9-12(19-11(2)16)14(18)20-13(17)10-15/h12,15H,3-10H2,1-2H3. The smallest absolute Gasteiger partial charge is 0.355 e. The lowest BCUT2D eigenvalue weighted by atomic mass is 10.1. The lowest BCUT2D eigenvalue weighted by Crippen LogP contribution is -2.31. The molecule has 0 aromatic carbocycles. The maximum Gasteiger partial charge on any atom is 0.355 e. The van der Waals surface area contributed by atoms with Crippen molar-refractivity contribution >= 4 is 17.9 Å². The molecule has 0 aromatic rings. The van der Waals surface area contributed by atoms with Crippen LogP contribution >= 0.6 is 0 Å². The topological polar surface area (TPSA) is 89.9 Å². The van der Waals surface area contributed by atoms with Gasteiger partial charge in [0, 0.05) is 6.92 Å². The first-order valence-corrected chi connectivity index (χ1v) is 7.03. The van der Waals surface area contributed by atoms with Crippen molar-refractivity contribution in [3.8, 4) is 0 Å².